The van der Waals surface area contributed by atoms with Crippen LogP contribution in [0.5, 0.6) is 5.75 Å². The summed E-state index contributed by atoms with van der Waals surface area (Å²) in [6.45, 7) is 0.195. The normalized spacial score (nSPS) is 19.4. The Kier molecular flexibility index (Phi) is 9.60. The minimum absolute atomic E-state index is 0.0773. The maximum Gasteiger partial charge on any atom is 0.327 e. The highest BCUT2D eigenvalue weighted by molar-refractivity contribution is 7.87. The van der Waals surface area contributed by atoms with Gasteiger partial charge in [-0.1, -0.05) is 22.9 Å². The van der Waals surface area contributed by atoms with E-state index in [0.717, 1.165) is 17.4 Å². The highest BCUT2D eigenvalue weighted by atomic mass is 35.5. The molecule has 1 saturated carbocycles. The predicted octanol–water partition coefficient (Wildman–Crippen LogP) is -2.31. The number of thiazole rings is 1. The van der Waals surface area contributed by atoms with Gasteiger partial charge in [-0.2, -0.15) is 18.2 Å². The second kappa shape index (κ2) is 12.6. The Labute approximate surface area is 244 Å². The van der Waals surface area contributed by atoms with Crippen LogP contribution in [0.4, 0.5) is 9.93 Å². The van der Waals surface area contributed by atoms with Gasteiger partial charge >= 0.3 is 12.0 Å². The number of nitrogens with one attached hydrogen (secondary N) is 4. The van der Waals surface area contributed by atoms with Crippen molar-refractivity contribution in [2.45, 2.75) is 30.8 Å². The number of carboxylic acid groups (broad SMARTS) is 1. The van der Waals surface area contributed by atoms with Crippen LogP contribution in [0, 0.1) is 5.92 Å². The zero-order valence-corrected chi connectivity index (χ0v) is 23.5. The van der Waals surface area contributed by atoms with Gasteiger partial charge in [0.1, 0.15) is 16.1 Å². The molecule has 0 aromatic carbocycles. The van der Waals surface area contributed by atoms with Crippen LogP contribution < -0.4 is 32.5 Å². The van der Waals surface area contributed by atoms with Crippen molar-refractivity contribution in [3.8, 4) is 5.75 Å². The van der Waals surface area contributed by atoms with E-state index in [0.29, 0.717) is 10.9 Å². The number of urea groups is 1. The summed E-state index contributed by atoms with van der Waals surface area (Å²) >= 11 is 6.82. The van der Waals surface area contributed by atoms with E-state index in [1.165, 1.54) is 6.92 Å². The minimum Gasteiger partial charge on any atom is -0.503 e. The van der Waals surface area contributed by atoms with Crippen LogP contribution >= 0.6 is 22.9 Å². The van der Waals surface area contributed by atoms with E-state index >= 15 is 0 Å². The molecule has 3 amide bonds. The molecule has 0 radical (unpaired) electrons. The third-order valence-electron chi connectivity index (χ3n) is 5.81. The molecule has 1 unspecified atom stereocenters. The average Bonchev–Trinajstić information content (AvgIpc) is 3.22. The van der Waals surface area contributed by atoms with Crippen molar-refractivity contribution in [1.29, 1.82) is 0 Å². The zero-order chi connectivity index (χ0) is 31.5. The monoisotopic (exact) mass is 650 g/mol. The fraction of sp³-hybridized carbons (Fsp3) is 0.350. The maximum absolute atomic E-state index is 13.1. The number of anilines is 1. The summed E-state index contributed by atoms with van der Waals surface area (Å²) in [4.78, 5) is 64.6. The third kappa shape index (κ3) is 7.23. The lowest BCUT2D eigenvalue weighted by Crippen LogP contribution is -2.69. The average molecular weight is 651 g/mol. The van der Waals surface area contributed by atoms with Gasteiger partial charge in [0.25, 0.3) is 16.0 Å². The fourth-order valence-corrected chi connectivity index (χ4v) is 5.72. The van der Waals surface area contributed by atoms with Crippen molar-refractivity contribution >= 4 is 67.6 Å². The number of nitrogen functional groups attached to an aromatic ring is 1. The molecule has 1 aliphatic carbocycles. The van der Waals surface area contributed by atoms with Gasteiger partial charge < -0.3 is 37.1 Å². The molecule has 2 aromatic heterocycles. The lowest BCUT2D eigenvalue weighted by Gasteiger charge is -2.41. The lowest BCUT2D eigenvalue weighted by molar-refractivity contribution is -0.139. The number of halogens is 1. The zero-order valence-electron chi connectivity index (χ0n) is 21.1. The number of Topliss-reactive ketones (excluding diaryl/α,β-unsaturated/α-hetero) is 1. The molecule has 42 heavy (non-hydrogen) atoms. The number of hydrogen-bond donors (Lipinski definition) is 9. The molecule has 2 aromatic rings. The summed E-state index contributed by atoms with van der Waals surface area (Å²) in [5.41, 5.74) is 5.96. The first-order valence-electron chi connectivity index (χ1n) is 11.5. The Bertz CT molecular complexity index is 1620. The summed E-state index contributed by atoms with van der Waals surface area (Å²) in [7, 11) is -4.98. The quantitative estimate of drug-likeness (QED) is 0.0534. The number of nitrogens with two attached hydrogens (primary N) is 1. The highest BCUT2D eigenvalue weighted by Gasteiger charge is 2.57. The third-order valence-corrected chi connectivity index (χ3v) is 8.12. The van der Waals surface area contributed by atoms with E-state index in [1.54, 1.807) is 0 Å². The summed E-state index contributed by atoms with van der Waals surface area (Å²) in [6, 6.07) is -2.99. The minimum atomic E-state index is -4.98. The first-order chi connectivity index (χ1) is 19.5. The molecule has 0 bridgehead atoms. The number of carboxylic acids is 1. The molecule has 0 saturated heterocycles. The fourth-order valence-electron chi connectivity index (χ4n) is 3.66. The maximum atomic E-state index is 13.1. The van der Waals surface area contributed by atoms with Crippen LogP contribution in [0.3, 0.4) is 0 Å². The van der Waals surface area contributed by atoms with E-state index in [9.17, 15) is 47.3 Å². The summed E-state index contributed by atoms with van der Waals surface area (Å²) in [5.74, 6) is -5.74. The first-order valence-corrected chi connectivity index (χ1v) is 14.2. The molecule has 10 N–H and O–H groups in total. The molecule has 22 heteroatoms. The predicted molar refractivity (Wildman–Crippen MR) is 144 cm³/mol. The first kappa shape index (κ1) is 32.0. The molecule has 1 fully saturated rings. The van der Waals surface area contributed by atoms with E-state index in [2.05, 4.69) is 31.5 Å². The number of hydrazone groups is 1. The molecule has 0 aliphatic heterocycles. The topological polar surface area (TPSA) is 305 Å². The smallest absolute Gasteiger partial charge is 0.327 e. The van der Waals surface area contributed by atoms with Crippen LogP contribution in [-0.4, -0.2) is 91.4 Å². The van der Waals surface area contributed by atoms with Gasteiger partial charge in [-0.15, -0.1) is 0 Å². The Balaban J connectivity index is 1.76. The van der Waals surface area contributed by atoms with Crippen molar-refractivity contribution in [2.24, 2.45) is 11.0 Å². The lowest BCUT2D eigenvalue weighted by atomic mass is 9.77. The molecule has 3 rings (SSSR count). The Morgan fingerprint density at radius 3 is 2.52 bits per heavy atom. The Morgan fingerprint density at radius 1 is 1.29 bits per heavy atom. The summed E-state index contributed by atoms with van der Waals surface area (Å²) in [5, 5.41) is 36.4. The molecule has 1 aliphatic rings. The summed E-state index contributed by atoms with van der Waals surface area (Å²) in [6.07, 6.45) is 0.698. The molecule has 0 spiro atoms. The van der Waals surface area contributed by atoms with Gasteiger partial charge in [0.2, 0.25) is 5.43 Å². The number of hydrogen-bond acceptors (Lipinski definition) is 14. The van der Waals surface area contributed by atoms with Gasteiger partial charge in [0.05, 0.1) is 24.5 Å². The van der Waals surface area contributed by atoms with E-state index in [1.807, 2.05) is 0 Å². The number of carbonyl (C=O) groups excluding carboxylic acids is 3. The van der Waals surface area contributed by atoms with Crippen LogP contribution in [0.2, 0.25) is 4.34 Å². The Morgan fingerprint density at radius 2 is 1.95 bits per heavy atom. The molecular weight excluding hydrogens is 628 g/mol. The summed E-state index contributed by atoms with van der Waals surface area (Å²) < 4.78 is 33.5. The number of rotatable bonds is 11. The Hall–Kier alpha value is -4.47. The van der Waals surface area contributed by atoms with Crippen LogP contribution in [0.15, 0.2) is 22.2 Å². The van der Waals surface area contributed by atoms with Crippen molar-refractivity contribution in [3.63, 3.8) is 0 Å². The largest absolute Gasteiger partial charge is 0.503 e. The molecular formula is C20H23ClN8O11S2. The van der Waals surface area contributed by atoms with Gasteiger partial charge in [-0.3, -0.25) is 24.4 Å². The number of ketones is 1. The molecule has 4 atom stereocenters. The van der Waals surface area contributed by atoms with Crippen molar-refractivity contribution in [2.75, 3.05) is 12.3 Å². The second-order valence-corrected chi connectivity index (χ2v) is 11.9. The number of pyridine rings is 1. The van der Waals surface area contributed by atoms with Gasteiger partial charge in [-0.05, 0) is 6.92 Å². The van der Waals surface area contributed by atoms with Gasteiger partial charge in [0.15, 0.2) is 27.6 Å². The van der Waals surface area contributed by atoms with E-state index in [4.69, 9.17) is 22.4 Å². The van der Waals surface area contributed by atoms with Crippen molar-refractivity contribution in [1.82, 2.24) is 31.1 Å². The van der Waals surface area contributed by atoms with E-state index < -0.39 is 87.0 Å². The van der Waals surface area contributed by atoms with Gasteiger partial charge in [0, 0.05) is 18.5 Å². The highest BCUT2D eigenvalue weighted by Crippen LogP contribution is 2.31. The van der Waals surface area contributed by atoms with Crippen molar-refractivity contribution in [3.05, 3.63) is 38.2 Å². The molecule has 228 valence electrons. The number of nitrogens with zero attached hydrogens (tertiary/aromatic N) is 3. The number of aromatic nitrogens is 2. The number of amides is 3. The second-order valence-electron chi connectivity index (χ2n) is 8.70. The van der Waals surface area contributed by atoms with Crippen molar-refractivity contribution < 1.29 is 47.6 Å². The number of aromatic hydroxyl groups is 1. The standard InChI is InChI=1S/C20H23ClN8O11S2/c1-6(18(34)35)27-28-13(12-16(21)41-19(22)26-12)17(33)25-11-8(15(14(11)32)42(38,39)40)4-24-20(36)23-3-7-2-9(30)10(31)5-29(7)37/h2,5-6,8,11,15,27,31,37H,3-4H2,1H3,(H2,22,26)(H,25,33)(H,34,35)(H2,23,24,36)(H,38,39,40)/b28-13-/t6-,8+,11-,15?/m0/s1. The SMILES string of the molecule is C[C@H](N/N=C(\C(=O)N[C@@H]1C(=O)C(S(=O)(=O)O)[C@@H]1CNC(=O)NCc1cc(=O)c(O)cn1O)c1nc(N)sc1Cl)C(=O)O. The number of aliphatic carboxylic acids is 1. The van der Waals surface area contributed by atoms with Crippen LogP contribution in [0.1, 0.15) is 18.3 Å². The van der Waals surface area contributed by atoms with E-state index in [-0.39, 0.29) is 20.9 Å². The van der Waals surface area contributed by atoms with Crippen LogP contribution in [0.25, 0.3) is 0 Å². The van der Waals surface area contributed by atoms with Crippen LogP contribution in [-0.2, 0) is 31.0 Å². The number of carbonyl (C=O) groups is 4. The van der Waals surface area contributed by atoms with Gasteiger partial charge in [-0.25, -0.2) is 14.6 Å². The molecule has 19 nitrogen and oxygen atoms in total. The molecule has 2 heterocycles.